The van der Waals surface area contributed by atoms with Gasteiger partial charge in [-0.2, -0.15) is 0 Å². The van der Waals surface area contributed by atoms with E-state index < -0.39 is 0 Å². The van der Waals surface area contributed by atoms with Crippen molar-refractivity contribution in [1.29, 1.82) is 0 Å². The molecule has 2 saturated carbocycles. The van der Waals surface area contributed by atoms with Crippen molar-refractivity contribution in [2.75, 3.05) is 6.61 Å². The third-order valence-corrected chi connectivity index (χ3v) is 5.30. The summed E-state index contributed by atoms with van der Waals surface area (Å²) in [7, 11) is 0. The van der Waals surface area contributed by atoms with Crippen LogP contribution in [-0.4, -0.2) is 23.9 Å². The van der Waals surface area contributed by atoms with Gasteiger partial charge in [0.1, 0.15) is 0 Å². The van der Waals surface area contributed by atoms with Crippen molar-refractivity contribution >= 4 is 0 Å². The van der Waals surface area contributed by atoms with Crippen LogP contribution in [0.2, 0.25) is 0 Å². The van der Waals surface area contributed by atoms with Crippen LogP contribution >= 0.6 is 0 Å². The van der Waals surface area contributed by atoms with Crippen LogP contribution in [-0.2, 0) is 4.74 Å². The Morgan fingerprint density at radius 2 is 1.71 bits per heavy atom. The molecule has 2 fully saturated rings. The lowest BCUT2D eigenvalue weighted by atomic mass is 9.81. The molecule has 1 aromatic carbocycles. The molecule has 0 bridgehead atoms. The Morgan fingerprint density at radius 3 is 2.48 bits per heavy atom. The first-order valence-electron chi connectivity index (χ1n) is 8.67. The van der Waals surface area contributed by atoms with Crippen molar-refractivity contribution < 1.29 is 9.84 Å². The topological polar surface area (TPSA) is 29.5 Å². The van der Waals surface area contributed by atoms with Crippen LogP contribution < -0.4 is 0 Å². The van der Waals surface area contributed by atoms with E-state index in [4.69, 9.17) is 4.74 Å². The zero-order valence-electron chi connectivity index (χ0n) is 12.9. The lowest BCUT2D eigenvalue weighted by molar-refractivity contribution is -0.0761. The first-order valence-corrected chi connectivity index (χ1v) is 8.67. The fraction of sp³-hybridized carbons (Fsp3) is 0.684. The minimum atomic E-state index is -0.270. The highest BCUT2D eigenvalue weighted by Gasteiger charge is 2.31. The van der Waals surface area contributed by atoms with E-state index >= 15 is 0 Å². The molecule has 0 saturated heterocycles. The molecular weight excluding hydrogens is 260 g/mol. The summed E-state index contributed by atoms with van der Waals surface area (Å²) in [4.78, 5) is 0. The number of ether oxygens (including phenoxy) is 1. The second-order valence-corrected chi connectivity index (χ2v) is 6.86. The third kappa shape index (κ3) is 4.08. The van der Waals surface area contributed by atoms with E-state index in [0.717, 1.165) is 31.8 Å². The molecule has 116 valence electrons. The molecule has 3 rings (SSSR count). The SMILES string of the molecule is OC1CCC(c2ccccc2)CC1OCC1CCCCC1. The van der Waals surface area contributed by atoms with Crippen molar-refractivity contribution in [3.63, 3.8) is 0 Å². The van der Waals surface area contributed by atoms with Gasteiger partial charge >= 0.3 is 0 Å². The van der Waals surface area contributed by atoms with Gasteiger partial charge in [0.25, 0.3) is 0 Å². The number of hydrogen-bond donors (Lipinski definition) is 1. The maximum atomic E-state index is 10.2. The zero-order valence-corrected chi connectivity index (χ0v) is 12.9. The number of rotatable bonds is 4. The summed E-state index contributed by atoms with van der Waals surface area (Å²) >= 11 is 0. The van der Waals surface area contributed by atoms with Crippen molar-refractivity contribution in [2.24, 2.45) is 5.92 Å². The summed E-state index contributed by atoms with van der Waals surface area (Å²) in [5.41, 5.74) is 1.40. The van der Waals surface area contributed by atoms with Gasteiger partial charge in [-0.1, -0.05) is 49.6 Å². The van der Waals surface area contributed by atoms with Crippen molar-refractivity contribution in [3.8, 4) is 0 Å². The lowest BCUT2D eigenvalue weighted by Gasteiger charge is -2.34. The molecule has 2 heteroatoms. The van der Waals surface area contributed by atoms with E-state index in [2.05, 4.69) is 30.3 Å². The molecule has 2 nitrogen and oxygen atoms in total. The van der Waals surface area contributed by atoms with E-state index in [1.165, 1.54) is 37.7 Å². The summed E-state index contributed by atoms with van der Waals surface area (Å²) in [6.45, 7) is 0.850. The van der Waals surface area contributed by atoms with Crippen molar-refractivity contribution in [3.05, 3.63) is 35.9 Å². The van der Waals surface area contributed by atoms with Gasteiger partial charge in [0.2, 0.25) is 0 Å². The first kappa shape index (κ1) is 15.1. The number of aliphatic hydroxyl groups is 1. The van der Waals surface area contributed by atoms with Crippen molar-refractivity contribution in [2.45, 2.75) is 69.5 Å². The van der Waals surface area contributed by atoms with E-state index in [1.807, 2.05) is 0 Å². The molecule has 0 aromatic heterocycles. The molecule has 0 radical (unpaired) electrons. The summed E-state index contributed by atoms with van der Waals surface area (Å²) in [6.07, 6.45) is 9.40. The van der Waals surface area contributed by atoms with Crippen LogP contribution in [0.15, 0.2) is 30.3 Å². The van der Waals surface area contributed by atoms with Gasteiger partial charge in [0.05, 0.1) is 12.2 Å². The van der Waals surface area contributed by atoms with Gasteiger partial charge in [0.15, 0.2) is 0 Å². The monoisotopic (exact) mass is 288 g/mol. The van der Waals surface area contributed by atoms with E-state index in [1.54, 1.807) is 0 Å². The smallest absolute Gasteiger partial charge is 0.0839 e. The van der Waals surface area contributed by atoms with Gasteiger partial charge in [-0.25, -0.2) is 0 Å². The van der Waals surface area contributed by atoms with Gasteiger partial charge < -0.3 is 9.84 Å². The summed E-state index contributed by atoms with van der Waals surface area (Å²) in [6, 6.07) is 10.7. The maximum Gasteiger partial charge on any atom is 0.0839 e. The standard InChI is InChI=1S/C19H28O2/c20-18-12-11-17(16-9-5-2-6-10-16)13-19(18)21-14-15-7-3-1-4-8-15/h2,5-6,9-10,15,17-20H,1,3-4,7-8,11-14H2. The largest absolute Gasteiger partial charge is 0.390 e. The molecule has 2 aliphatic rings. The molecule has 1 N–H and O–H groups in total. The molecule has 0 spiro atoms. The Bertz CT molecular complexity index is 411. The Labute approximate surface area is 128 Å². The van der Waals surface area contributed by atoms with Gasteiger partial charge in [-0.3, -0.25) is 0 Å². The van der Waals surface area contributed by atoms with Crippen LogP contribution in [0.5, 0.6) is 0 Å². The van der Waals surface area contributed by atoms with E-state index in [9.17, 15) is 5.11 Å². The quantitative estimate of drug-likeness (QED) is 0.896. The average molecular weight is 288 g/mol. The predicted molar refractivity (Wildman–Crippen MR) is 85.4 cm³/mol. The normalized spacial score (nSPS) is 31.2. The highest BCUT2D eigenvalue weighted by Crippen LogP contribution is 2.35. The van der Waals surface area contributed by atoms with Crippen molar-refractivity contribution in [1.82, 2.24) is 0 Å². The minimum absolute atomic E-state index is 0.0332. The van der Waals surface area contributed by atoms with Crippen LogP contribution in [0.25, 0.3) is 0 Å². The Kier molecular flexibility index (Phi) is 5.32. The number of aliphatic hydroxyl groups excluding tert-OH is 1. The zero-order chi connectivity index (χ0) is 14.5. The highest BCUT2D eigenvalue weighted by atomic mass is 16.5. The molecule has 3 unspecified atom stereocenters. The summed E-state index contributed by atoms with van der Waals surface area (Å²) in [5, 5.41) is 10.2. The molecule has 0 aliphatic heterocycles. The molecule has 1 aromatic rings. The van der Waals surface area contributed by atoms with Crippen LogP contribution in [0.4, 0.5) is 0 Å². The van der Waals surface area contributed by atoms with Gasteiger partial charge in [0, 0.05) is 6.61 Å². The predicted octanol–water partition coefficient (Wildman–Crippen LogP) is 4.28. The van der Waals surface area contributed by atoms with E-state index in [-0.39, 0.29) is 12.2 Å². The number of hydrogen-bond acceptors (Lipinski definition) is 2. The summed E-state index contributed by atoms with van der Waals surface area (Å²) < 4.78 is 6.14. The molecular formula is C19H28O2. The van der Waals surface area contributed by atoms with Gasteiger partial charge in [-0.05, 0) is 49.5 Å². The lowest BCUT2D eigenvalue weighted by Crippen LogP contribution is -2.36. The highest BCUT2D eigenvalue weighted by molar-refractivity contribution is 5.20. The minimum Gasteiger partial charge on any atom is -0.390 e. The first-order chi connectivity index (χ1) is 10.3. The molecule has 0 amide bonds. The fourth-order valence-corrected chi connectivity index (χ4v) is 3.93. The van der Waals surface area contributed by atoms with Gasteiger partial charge in [-0.15, -0.1) is 0 Å². The Morgan fingerprint density at radius 1 is 0.952 bits per heavy atom. The van der Waals surface area contributed by atoms with Crippen LogP contribution in [0.1, 0.15) is 62.8 Å². The molecule has 3 atom stereocenters. The third-order valence-electron chi connectivity index (χ3n) is 5.30. The molecule has 2 aliphatic carbocycles. The fourth-order valence-electron chi connectivity index (χ4n) is 3.93. The summed E-state index contributed by atoms with van der Waals surface area (Å²) in [5.74, 6) is 1.27. The second kappa shape index (κ2) is 7.42. The maximum absolute atomic E-state index is 10.2. The number of benzene rings is 1. The second-order valence-electron chi connectivity index (χ2n) is 6.86. The van der Waals surface area contributed by atoms with Crippen LogP contribution in [0.3, 0.4) is 0 Å². The molecule has 0 heterocycles. The average Bonchev–Trinajstić information content (AvgIpc) is 2.56. The van der Waals surface area contributed by atoms with E-state index in [0.29, 0.717) is 5.92 Å². The Balaban J connectivity index is 1.53. The molecule has 21 heavy (non-hydrogen) atoms. The Hall–Kier alpha value is -0.860. The van der Waals surface area contributed by atoms with Crippen LogP contribution in [0, 0.1) is 5.92 Å².